The predicted octanol–water partition coefficient (Wildman–Crippen LogP) is 5.97. The van der Waals surface area contributed by atoms with Crippen molar-refractivity contribution in [3.8, 4) is 5.75 Å². The Bertz CT molecular complexity index is 325. The molecule has 1 rings (SSSR count). The van der Waals surface area contributed by atoms with Crippen molar-refractivity contribution in [2.45, 2.75) is 77.6 Å². The Kier molecular flexibility index (Phi) is 12.9. The third-order valence-electron chi connectivity index (χ3n) is 3.79. The molecule has 0 unspecified atom stereocenters. The van der Waals surface area contributed by atoms with Crippen LogP contribution in [0.15, 0.2) is 24.3 Å². The Balaban J connectivity index is 0.00000361. The SMILES string of the molecule is CCCCCCCCCCCCc1ccccc1O.S. The van der Waals surface area contributed by atoms with Crippen LogP contribution in [0.2, 0.25) is 0 Å². The van der Waals surface area contributed by atoms with Crippen LogP contribution in [-0.4, -0.2) is 5.11 Å². The molecule has 0 aliphatic rings. The van der Waals surface area contributed by atoms with E-state index in [0.717, 1.165) is 12.0 Å². The normalized spacial score (nSPS) is 10.2. The maximum absolute atomic E-state index is 9.65. The molecule has 2 heteroatoms. The summed E-state index contributed by atoms with van der Waals surface area (Å²) in [5.74, 6) is 0.457. The highest BCUT2D eigenvalue weighted by Crippen LogP contribution is 2.19. The molecule has 1 N–H and O–H groups in total. The fraction of sp³-hybridized carbons (Fsp3) is 0.667. The number of rotatable bonds is 11. The summed E-state index contributed by atoms with van der Waals surface area (Å²) in [6.45, 7) is 2.27. The van der Waals surface area contributed by atoms with Gasteiger partial charge in [0.25, 0.3) is 0 Å². The van der Waals surface area contributed by atoms with E-state index in [2.05, 4.69) is 6.92 Å². The lowest BCUT2D eigenvalue weighted by molar-refractivity contribution is 0.466. The van der Waals surface area contributed by atoms with Crippen LogP contribution < -0.4 is 0 Å². The van der Waals surface area contributed by atoms with Crippen molar-refractivity contribution in [3.63, 3.8) is 0 Å². The van der Waals surface area contributed by atoms with Gasteiger partial charge in [-0.15, -0.1) is 0 Å². The van der Waals surface area contributed by atoms with E-state index in [0.29, 0.717) is 5.75 Å². The molecule has 0 radical (unpaired) electrons. The van der Waals surface area contributed by atoms with Gasteiger partial charge >= 0.3 is 0 Å². The second-order valence-electron chi connectivity index (χ2n) is 5.56. The number of aromatic hydroxyl groups is 1. The monoisotopic (exact) mass is 296 g/mol. The van der Waals surface area contributed by atoms with Crippen molar-refractivity contribution in [2.75, 3.05) is 0 Å². The van der Waals surface area contributed by atoms with E-state index < -0.39 is 0 Å². The topological polar surface area (TPSA) is 20.2 Å². The van der Waals surface area contributed by atoms with E-state index in [4.69, 9.17) is 0 Å². The highest BCUT2D eigenvalue weighted by Gasteiger charge is 1.99. The van der Waals surface area contributed by atoms with Gasteiger partial charge in [0.15, 0.2) is 0 Å². The van der Waals surface area contributed by atoms with Crippen LogP contribution in [0.3, 0.4) is 0 Å². The summed E-state index contributed by atoms with van der Waals surface area (Å²) in [4.78, 5) is 0. The third-order valence-corrected chi connectivity index (χ3v) is 3.79. The fourth-order valence-electron chi connectivity index (χ4n) is 2.53. The van der Waals surface area contributed by atoms with Crippen molar-refractivity contribution in [1.29, 1.82) is 0 Å². The quantitative estimate of drug-likeness (QED) is 0.499. The summed E-state index contributed by atoms with van der Waals surface area (Å²) in [5.41, 5.74) is 1.10. The van der Waals surface area contributed by atoms with Gasteiger partial charge < -0.3 is 5.11 Å². The second-order valence-corrected chi connectivity index (χ2v) is 5.56. The Morgan fingerprint density at radius 2 is 1.25 bits per heavy atom. The number of unbranched alkanes of at least 4 members (excludes halogenated alkanes) is 9. The Hall–Kier alpha value is -0.630. The first-order valence-electron chi connectivity index (χ1n) is 8.11. The first-order valence-corrected chi connectivity index (χ1v) is 8.11. The van der Waals surface area contributed by atoms with Crippen LogP contribution in [0.4, 0.5) is 0 Å². The second kappa shape index (κ2) is 13.4. The largest absolute Gasteiger partial charge is 0.508 e. The summed E-state index contributed by atoms with van der Waals surface area (Å²) in [7, 11) is 0. The number of aryl methyl sites for hydroxylation is 1. The molecule has 0 aliphatic heterocycles. The molecule has 0 bridgehead atoms. The Morgan fingerprint density at radius 3 is 1.80 bits per heavy atom. The van der Waals surface area contributed by atoms with E-state index in [9.17, 15) is 5.11 Å². The number of phenols is 1. The van der Waals surface area contributed by atoms with Gasteiger partial charge in [-0.3, -0.25) is 0 Å². The van der Waals surface area contributed by atoms with Crippen molar-refractivity contribution >= 4 is 13.5 Å². The standard InChI is InChI=1S/C18H30O.H2S/c1-2-3-4-5-6-7-8-9-10-11-14-17-15-12-13-16-18(17)19;/h12-13,15-16,19H,2-11,14H2,1H3;1H2. The molecule has 1 aromatic carbocycles. The molecule has 0 fully saturated rings. The maximum Gasteiger partial charge on any atom is 0.118 e. The number of hydrogen-bond donors (Lipinski definition) is 1. The number of benzene rings is 1. The molecule has 20 heavy (non-hydrogen) atoms. The summed E-state index contributed by atoms with van der Waals surface area (Å²) in [6.07, 6.45) is 14.6. The van der Waals surface area contributed by atoms with Gasteiger partial charge in [0.1, 0.15) is 5.75 Å². The first-order chi connectivity index (χ1) is 9.34. The van der Waals surface area contributed by atoms with Crippen LogP contribution in [0.1, 0.15) is 76.7 Å². The molecule has 0 amide bonds. The summed E-state index contributed by atoms with van der Waals surface area (Å²) in [5, 5.41) is 9.65. The van der Waals surface area contributed by atoms with Crippen LogP contribution in [0, 0.1) is 0 Å². The molecular weight excluding hydrogens is 264 g/mol. The summed E-state index contributed by atoms with van der Waals surface area (Å²) in [6, 6.07) is 7.71. The van der Waals surface area contributed by atoms with Crippen molar-refractivity contribution in [3.05, 3.63) is 29.8 Å². The predicted molar refractivity (Wildman–Crippen MR) is 94.0 cm³/mol. The molecule has 116 valence electrons. The number of hydrogen-bond acceptors (Lipinski definition) is 1. The molecule has 0 aliphatic carbocycles. The molecule has 0 heterocycles. The molecule has 0 spiro atoms. The third kappa shape index (κ3) is 9.30. The van der Waals surface area contributed by atoms with E-state index >= 15 is 0 Å². The highest BCUT2D eigenvalue weighted by molar-refractivity contribution is 7.59. The van der Waals surface area contributed by atoms with Gasteiger partial charge in [0, 0.05) is 0 Å². The van der Waals surface area contributed by atoms with Crippen LogP contribution in [0.25, 0.3) is 0 Å². The molecule has 1 nitrogen and oxygen atoms in total. The van der Waals surface area contributed by atoms with Gasteiger partial charge in [-0.1, -0.05) is 82.9 Å². The van der Waals surface area contributed by atoms with Crippen molar-refractivity contribution in [2.24, 2.45) is 0 Å². The number of para-hydroxylation sites is 1. The Morgan fingerprint density at radius 1 is 0.750 bits per heavy atom. The van der Waals surface area contributed by atoms with Crippen LogP contribution >= 0.6 is 13.5 Å². The maximum atomic E-state index is 9.65. The molecule has 1 aromatic rings. The molecule has 0 atom stereocenters. The molecule has 0 aromatic heterocycles. The minimum atomic E-state index is 0. The summed E-state index contributed by atoms with van der Waals surface area (Å²) >= 11 is 0. The Labute approximate surface area is 132 Å². The van der Waals surface area contributed by atoms with E-state index in [1.165, 1.54) is 64.2 Å². The molecular formula is C18H32OS. The lowest BCUT2D eigenvalue weighted by atomic mass is 10.0. The van der Waals surface area contributed by atoms with Gasteiger partial charge in [0.05, 0.1) is 0 Å². The highest BCUT2D eigenvalue weighted by atomic mass is 32.1. The number of phenolic OH excluding ortho intramolecular Hbond substituents is 1. The van der Waals surface area contributed by atoms with Gasteiger partial charge in [-0.25, -0.2) is 0 Å². The summed E-state index contributed by atoms with van der Waals surface area (Å²) < 4.78 is 0. The first kappa shape index (κ1) is 19.4. The smallest absolute Gasteiger partial charge is 0.118 e. The van der Waals surface area contributed by atoms with E-state index in [1.807, 2.05) is 18.2 Å². The van der Waals surface area contributed by atoms with Crippen LogP contribution in [0.5, 0.6) is 5.75 Å². The zero-order valence-electron chi connectivity index (χ0n) is 13.0. The lowest BCUT2D eigenvalue weighted by Crippen LogP contribution is -1.87. The lowest BCUT2D eigenvalue weighted by Gasteiger charge is -2.04. The van der Waals surface area contributed by atoms with Crippen LogP contribution in [-0.2, 0) is 6.42 Å². The minimum absolute atomic E-state index is 0. The van der Waals surface area contributed by atoms with E-state index in [1.54, 1.807) is 6.07 Å². The minimum Gasteiger partial charge on any atom is -0.508 e. The zero-order chi connectivity index (χ0) is 13.8. The van der Waals surface area contributed by atoms with Crippen molar-refractivity contribution < 1.29 is 5.11 Å². The van der Waals surface area contributed by atoms with Gasteiger partial charge in [-0.05, 0) is 24.5 Å². The average molecular weight is 297 g/mol. The fourth-order valence-corrected chi connectivity index (χ4v) is 2.53. The molecule has 0 saturated heterocycles. The van der Waals surface area contributed by atoms with Crippen molar-refractivity contribution in [1.82, 2.24) is 0 Å². The average Bonchev–Trinajstić information content (AvgIpc) is 2.43. The van der Waals surface area contributed by atoms with Gasteiger partial charge in [0.2, 0.25) is 0 Å². The van der Waals surface area contributed by atoms with Gasteiger partial charge in [-0.2, -0.15) is 13.5 Å². The van der Waals surface area contributed by atoms with E-state index in [-0.39, 0.29) is 13.5 Å². The zero-order valence-corrected chi connectivity index (χ0v) is 14.0. The molecule has 0 saturated carbocycles.